The molecule has 0 fully saturated rings. The highest BCUT2D eigenvalue weighted by Gasteiger charge is 2.16. The molecule has 27 heavy (non-hydrogen) atoms. The van der Waals surface area contributed by atoms with Crippen LogP contribution in [-0.4, -0.2) is 33.4 Å². The van der Waals surface area contributed by atoms with Crippen LogP contribution in [0.3, 0.4) is 0 Å². The largest absolute Gasteiger partial charge is 0.455 e. The van der Waals surface area contributed by atoms with Crippen molar-refractivity contribution >= 4 is 27.6 Å². The van der Waals surface area contributed by atoms with Gasteiger partial charge >= 0.3 is 5.97 Å². The monoisotopic (exact) mass is 394 g/mol. The van der Waals surface area contributed by atoms with E-state index in [1.165, 1.54) is 24.3 Å². The summed E-state index contributed by atoms with van der Waals surface area (Å²) in [7, 11) is -3.86. The third-order valence-corrected chi connectivity index (χ3v) is 4.97. The normalized spacial score (nSPS) is 11.1. The average molecular weight is 394 g/mol. The maximum atomic E-state index is 13.4. The lowest BCUT2D eigenvalue weighted by molar-refractivity contribution is -0.146. The Morgan fingerprint density at radius 3 is 2.37 bits per heavy atom. The number of carbonyl (C=O) groups is 2. The fourth-order valence-electron chi connectivity index (χ4n) is 2.02. The maximum Gasteiger partial charge on any atom is 0.321 e. The minimum Gasteiger partial charge on any atom is -0.455 e. The quantitative estimate of drug-likeness (QED) is 0.699. The van der Waals surface area contributed by atoms with Gasteiger partial charge in [0.25, 0.3) is 5.91 Å². The second-order valence-corrected chi connectivity index (χ2v) is 7.58. The SMILES string of the molecule is Cc1ccc(S(=O)(=O)NCC(=O)OCC(=O)Nc2ccc(C)c(F)c2)cc1. The Bertz CT molecular complexity index is 943. The van der Waals surface area contributed by atoms with Gasteiger partial charge in [-0.1, -0.05) is 23.8 Å². The second kappa shape index (κ2) is 8.74. The number of nitrogens with one attached hydrogen (secondary N) is 2. The molecule has 0 aliphatic heterocycles. The van der Waals surface area contributed by atoms with E-state index in [0.717, 1.165) is 11.6 Å². The summed E-state index contributed by atoms with van der Waals surface area (Å²) in [5.41, 5.74) is 1.55. The van der Waals surface area contributed by atoms with Crippen LogP contribution in [0.1, 0.15) is 11.1 Å². The third-order valence-electron chi connectivity index (χ3n) is 3.56. The minimum atomic E-state index is -3.86. The summed E-state index contributed by atoms with van der Waals surface area (Å²) in [6, 6.07) is 10.2. The van der Waals surface area contributed by atoms with E-state index < -0.39 is 40.9 Å². The van der Waals surface area contributed by atoms with Gasteiger partial charge in [-0.25, -0.2) is 12.8 Å². The lowest BCUT2D eigenvalue weighted by Crippen LogP contribution is -2.32. The average Bonchev–Trinajstić information content (AvgIpc) is 2.62. The van der Waals surface area contributed by atoms with Gasteiger partial charge in [0.2, 0.25) is 10.0 Å². The molecule has 2 aromatic carbocycles. The Labute approximate surface area is 156 Å². The van der Waals surface area contributed by atoms with Crippen LogP contribution in [0.15, 0.2) is 47.4 Å². The molecule has 0 aromatic heterocycles. The molecule has 0 radical (unpaired) electrons. The Kier molecular flexibility index (Phi) is 6.65. The highest BCUT2D eigenvalue weighted by atomic mass is 32.2. The molecule has 0 unspecified atom stereocenters. The van der Waals surface area contributed by atoms with Gasteiger partial charge in [-0.15, -0.1) is 0 Å². The van der Waals surface area contributed by atoms with Crippen LogP contribution < -0.4 is 10.0 Å². The van der Waals surface area contributed by atoms with Crippen molar-refractivity contribution < 1.29 is 27.1 Å². The van der Waals surface area contributed by atoms with Gasteiger partial charge in [-0.2, -0.15) is 4.72 Å². The Morgan fingerprint density at radius 2 is 1.74 bits per heavy atom. The number of anilines is 1. The number of rotatable bonds is 7. The Hall–Kier alpha value is -2.78. The summed E-state index contributed by atoms with van der Waals surface area (Å²) in [6.07, 6.45) is 0. The number of ether oxygens (including phenoxy) is 1. The summed E-state index contributed by atoms with van der Waals surface area (Å²) in [6.45, 7) is 2.15. The van der Waals surface area contributed by atoms with E-state index in [1.807, 2.05) is 6.92 Å². The first-order valence-corrected chi connectivity index (χ1v) is 9.43. The van der Waals surface area contributed by atoms with Crippen molar-refractivity contribution in [1.29, 1.82) is 0 Å². The Balaban J connectivity index is 1.80. The van der Waals surface area contributed by atoms with Gasteiger partial charge in [0.1, 0.15) is 12.4 Å². The van der Waals surface area contributed by atoms with Crippen molar-refractivity contribution in [1.82, 2.24) is 4.72 Å². The van der Waals surface area contributed by atoms with Gasteiger partial charge in [-0.3, -0.25) is 9.59 Å². The summed E-state index contributed by atoms with van der Waals surface area (Å²) in [5.74, 6) is -2.07. The fourth-order valence-corrected chi connectivity index (χ4v) is 2.99. The molecule has 0 aliphatic carbocycles. The smallest absolute Gasteiger partial charge is 0.321 e. The second-order valence-electron chi connectivity index (χ2n) is 5.81. The van der Waals surface area contributed by atoms with Gasteiger partial charge in [0, 0.05) is 5.69 Å². The first-order valence-electron chi connectivity index (χ1n) is 7.95. The molecule has 0 atom stereocenters. The third kappa shape index (κ3) is 6.15. The summed E-state index contributed by atoms with van der Waals surface area (Å²) in [5, 5.41) is 2.37. The van der Waals surface area contributed by atoms with Gasteiger partial charge in [0.05, 0.1) is 4.90 Å². The zero-order chi connectivity index (χ0) is 20.0. The lowest BCUT2D eigenvalue weighted by Gasteiger charge is -2.09. The maximum absolute atomic E-state index is 13.4. The van der Waals surface area contributed by atoms with Gasteiger partial charge in [-0.05, 0) is 43.7 Å². The molecule has 0 heterocycles. The molecule has 0 bridgehead atoms. The van der Waals surface area contributed by atoms with E-state index in [9.17, 15) is 22.4 Å². The molecule has 144 valence electrons. The first-order chi connectivity index (χ1) is 12.7. The van der Waals surface area contributed by atoms with Crippen LogP contribution in [0.5, 0.6) is 0 Å². The Morgan fingerprint density at radius 1 is 1.07 bits per heavy atom. The van der Waals surface area contributed by atoms with E-state index in [0.29, 0.717) is 5.56 Å². The number of aryl methyl sites for hydroxylation is 2. The van der Waals surface area contributed by atoms with Crippen molar-refractivity contribution in [2.75, 3.05) is 18.5 Å². The number of esters is 1. The van der Waals surface area contributed by atoms with E-state index >= 15 is 0 Å². The number of carbonyl (C=O) groups excluding carboxylic acids is 2. The van der Waals surface area contributed by atoms with Crippen molar-refractivity contribution in [3.05, 3.63) is 59.4 Å². The van der Waals surface area contributed by atoms with E-state index in [2.05, 4.69) is 10.0 Å². The van der Waals surface area contributed by atoms with Crippen molar-refractivity contribution in [3.63, 3.8) is 0 Å². The molecule has 0 saturated carbocycles. The van der Waals surface area contributed by atoms with Crippen LogP contribution in [0.25, 0.3) is 0 Å². The zero-order valence-corrected chi connectivity index (χ0v) is 15.6. The van der Waals surface area contributed by atoms with Gasteiger partial charge < -0.3 is 10.1 Å². The minimum absolute atomic E-state index is 0.0139. The molecule has 0 spiro atoms. The molecule has 7 nitrogen and oxygen atoms in total. The number of hydrogen-bond acceptors (Lipinski definition) is 5. The number of sulfonamides is 1. The van der Waals surface area contributed by atoms with Crippen LogP contribution in [0.2, 0.25) is 0 Å². The van der Waals surface area contributed by atoms with E-state index in [4.69, 9.17) is 4.74 Å². The van der Waals surface area contributed by atoms with Crippen molar-refractivity contribution in [2.45, 2.75) is 18.7 Å². The van der Waals surface area contributed by atoms with Crippen molar-refractivity contribution in [3.8, 4) is 0 Å². The van der Waals surface area contributed by atoms with Crippen LogP contribution in [0, 0.1) is 19.7 Å². The van der Waals surface area contributed by atoms with Crippen LogP contribution in [-0.2, 0) is 24.3 Å². The molecular weight excluding hydrogens is 375 g/mol. The number of benzene rings is 2. The molecule has 0 saturated heterocycles. The highest BCUT2D eigenvalue weighted by Crippen LogP contribution is 2.13. The summed E-state index contributed by atoms with van der Waals surface area (Å²) < 4.78 is 44.3. The first kappa shape index (κ1) is 20.5. The predicted octanol–water partition coefficient (Wildman–Crippen LogP) is 1.90. The lowest BCUT2D eigenvalue weighted by atomic mass is 10.2. The topological polar surface area (TPSA) is 102 Å². The molecule has 2 N–H and O–H groups in total. The highest BCUT2D eigenvalue weighted by molar-refractivity contribution is 7.89. The number of amides is 1. The molecular formula is C18H19FN2O5S. The predicted molar refractivity (Wildman–Crippen MR) is 97.1 cm³/mol. The molecule has 9 heteroatoms. The van der Waals surface area contributed by atoms with Crippen LogP contribution in [0.4, 0.5) is 10.1 Å². The summed E-state index contributed by atoms with van der Waals surface area (Å²) >= 11 is 0. The fraction of sp³-hybridized carbons (Fsp3) is 0.222. The van der Waals surface area contributed by atoms with Gasteiger partial charge in [0.15, 0.2) is 6.61 Å². The molecule has 2 aromatic rings. The number of halogens is 1. The molecule has 1 amide bonds. The zero-order valence-electron chi connectivity index (χ0n) is 14.8. The standard InChI is InChI=1S/C18H19FN2O5S/c1-12-3-7-15(8-4-12)27(24,25)20-10-18(23)26-11-17(22)21-14-6-5-13(2)16(19)9-14/h3-9,20H,10-11H2,1-2H3,(H,21,22). The summed E-state index contributed by atoms with van der Waals surface area (Å²) in [4.78, 5) is 23.4. The number of hydrogen-bond donors (Lipinski definition) is 2. The van der Waals surface area contributed by atoms with E-state index in [1.54, 1.807) is 19.1 Å². The van der Waals surface area contributed by atoms with Crippen molar-refractivity contribution in [2.24, 2.45) is 0 Å². The molecule has 2 rings (SSSR count). The van der Waals surface area contributed by atoms with E-state index in [-0.39, 0.29) is 10.6 Å². The van der Waals surface area contributed by atoms with Crippen LogP contribution >= 0.6 is 0 Å². The molecule has 0 aliphatic rings.